The summed E-state index contributed by atoms with van der Waals surface area (Å²) in [7, 11) is 0. The van der Waals surface area contributed by atoms with Crippen molar-refractivity contribution in [2.45, 2.75) is 45.1 Å². The molecule has 8 heteroatoms. The van der Waals surface area contributed by atoms with Crippen molar-refractivity contribution in [1.29, 1.82) is 5.26 Å². The highest BCUT2D eigenvalue weighted by Gasteiger charge is 2.18. The number of hydrogen-bond acceptors (Lipinski definition) is 6. The largest absolute Gasteiger partial charge is 0.473 e. The number of alkyl carbamates (subject to hydrolysis) is 1. The monoisotopic (exact) mass is 338 g/mol. The van der Waals surface area contributed by atoms with Crippen molar-refractivity contribution in [2.75, 3.05) is 6.54 Å². The lowest BCUT2D eigenvalue weighted by Gasteiger charge is -2.22. The standard InChI is InChI=1S/C16H23FN4O3/c1-16(2,3)24-15(22)21-9-14(20)23-13-5-4-10(17)8-11(13)12(19)6-7-18/h4-5,8,12,14H,6,9,19-20H2,1-3H3,(H,21,22)/t12-,14-/m1/s1. The highest BCUT2D eigenvalue weighted by molar-refractivity contribution is 5.67. The highest BCUT2D eigenvalue weighted by atomic mass is 19.1. The maximum absolute atomic E-state index is 13.4. The fourth-order valence-electron chi connectivity index (χ4n) is 1.83. The van der Waals surface area contributed by atoms with Crippen molar-refractivity contribution in [3.8, 4) is 11.8 Å². The Morgan fingerprint density at radius 2 is 2.08 bits per heavy atom. The number of nitrogens with zero attached hydrogens (tertiary/aromatic N) is 1. The van der Waals surface area contributed by atoms with Crippen LogP contribution < -0.4 is 21.5 Å². The molecule has 0 aliphatic carbocycles. The van der Waals surface area contributed by atoms with Crippen LogP contribution in [0.4, 0.5) is 9.18 Å². The third kappa shape index (κ3) is 6.81. The SMILES string of the molecule is CC(C)(C)OC(=O)NC[C@H](N)Oc1ccc(F)cc1[C@H](N)CC#N. The number of nitriles is 1. The Balaban J connectivity index is 2.68. The lowest BCUT2D eigenvalue weighted by Crippen LogP contribution is -2.43. The van der Waals surface area contributed by atoms with Crippen LogP contribution in [0.15, 0.2) is 18.2 Å². The molecule has 0 aliphatic heterocycles. The van der Waals surface area contributed by atoms with E-state index in [4.69, 9.17) is 26.2 Å². The van der Waals surface area contributed by atoms with Crippen molar-refractivity contribution in [3.63, 3.8) is 0 Å². The minimum absolute atomic E-state index is 0.00517. The maximum atomic E-state index is 13.4. The van der Waals surface area contributed by atoms with Crippen LogP contribution in [0.5, 0.6) is 5.75 Å². The molecule has 1 rings (SSSR count). The zero-order chi connectivity index (χ0) is 18.3. The topological polar surface area (TPSA) is 123 Å². The van der Waals surface area contributed by atoms with Crippen LogP contribution in [0.2, 0.25) is 0 Å². The van der Waals surface area contributed by atoms with Gasteiger partial charge in [0, 0.05) is 11.6 Å². The van der Waals surface area contributed by atoms with Crippen molar-refractivity contribution in [2.24, 2.45) is 11.5 Å². The smallest absolute Gasteiger partial charge is 0.407 e. The summed E-state index contributed by atoms with van der Waals surface area (Å²) in [5, 5.41) is 11.2. The van der Waals surface area contributed by atoms with Crippen molar-refractivity contribution in [3.05, 3.63) is 29.6 Å². The summed E-state index contributed by atoms with van der Waals surface area (Å²) < 4.78 is 24.0. The number of rotatable bonds is 6. The molecule has 0 radical (unpaired) electrons. The van der Waals surface area contributed by atoms with Gasteiger partial charge in [0.25, 0.3) is 0 Å². The van der Waals surface area contributed by atoms with Gasteiger partial charge in [0.1, 0.15) is 17.2 Å². The van der Waals surface area contributed by atoms with Gasteiger partial charge in [0.15, 0.2) is 6.23 Å². The number of amides is 1. The van der Waals surface area contributed by atoms with Crippen molar-refractivity contribution >= 4 is 6.09 Å². The summed E-state index contributed by atoms with van der Waals surface area (Å²) in [5.74, 6) is -0.233. The molecule has 1 aromatic carbocycles. The lowest BCUT2D eigenvalue weighted by molar-refractivity contribution is 0.0502. The van der Waals surface area contributed by atoms with E-state index in [1.54, 1.807) is 20.8 Å². The quantitative estimate of drug-likeness (QED) is 0.681. The van der Waals surface area contributed by atoms with Gasteiger partial charge >= 0.3 is 6.09 Å². The molecule has 2 atom stereocenters. The Hall–Kier alpha value is -2.37. The third-order valence-electron chi connectivity index (χ3n) is 2.81. The molecule has 132 valence electrons. The second kappa shape index (κ2) is 8.47. The van der Waals surface area contributed by atoms with E-state index >= 15 is 0 Å². The Kier molecular flexibility index (Phi) is 6.95. The fraction of sp³-hybridized carbons (Fsp3) is 0.500. The van der Waals surface area contributed by atoms with E-state index in [1.165, 1.54) is 18.2 Å². The van der Waals surface area contributed by atoms with Crippen molar-refractivity contribution < 1.29 is 18.7 Å². The number of nitrogens with two attached hydrogens (primary N) is 2. The molecule has 0 saturated carbocycles. The molecule has 0 aliphatic rings. The average molecular weight is 338 g/mol. The zero-order valence-electron chi connectivity index (χ0n) is 14.0. The Morgan fingerprint density at radius 3 is 2.67 bits per heavy atom. The minimum atomic E-state index is -0.893. The Morgan fingerprint density at radius 1 is 1.42 bits per heavy atom. The molecular formula is C16H23FN4O3. The molecule has 0 aromatic heterocycles. The summed E-state index contributed by atoms with van der Waals surface area (Å²) in [5.41, 5.74) is 11.4. The molecule has 5 N–H and O–H groups in total. The van der Waals surface area contributed by atoms with E-state index in [1.807, 2.05) is 6.07 Å². The number of halogens is 1. The first-order valence-electron chi connectivity index (χ1n) is 7.43. The summed E-state index contributed by atoms with van der Waals surface area (Å²) in [6.45, 7) is 5.21. The summed E-state index contributed by atoms with van der Waals surface area (Å²) in [6, 6.07) is 5.00. The maximum Gasteiger partial charge on any atom is 0.407 e. The summed E-state index contributed by atoms with van der Waals surface area (Å²) in [6.07, 6.45) is -1.51. The Bertz CT molecular complexity index is 610. The van der Waals surface area contributed by atoms with Gasteiger partial charge in [-0.25, -0.2) is 9.18 Å². The van der Waals surface area contributed by atoms with E-state index in [-0.39, 0.29) is 18.7 Å². The van der Waals surface area contributed by atoms with Crippen LogP contribution in [0, 0.1) is 17.1 Å². The van der Waals surface area contributed by atoms with E-state index < -0.39 is 29.8 Å². The normalized spacial score (nSPS) is 13.5. The van der Waals surface area contributed by atoms with Gasteiger partial charge in [-0.15, -0.1) is 0 Å². The molecule has 0 unspecified atom stereocenters. The van der Waals surface area contributed by atoms with Crippen LogP contribution in [0.1, 0.15) is 38.8 Å². The number of benzene rings is 1. The first-order chi connectivity index (χ1) is 11.1. The number of ether oxygens (including phenoxy) is 2. The first-order valence-corrected chi connectivity index (χ1v) is 7.43. The van der Waals surface area contributed by atoms with Crippen LogP contribution in [0.3, 0.4) is 0 Å². The highest BCUT2D eigenvalue weighted by Crippen LogP contribution is 2.27. The molecule has 7 nitrogen and oxygen atoms in total. The van der Waals surface area contributed by atoms with Gasteiger partial charge in [-0.3, -0.25) is 5.73 Å². The second-order valence-electron chi connectivity index (χ2n) is 6.19. The number of hydrogen-bond donors (Lipinski definition) is 3. The molecule has 0 bridgehead atoms. The van der Waals surface area contributed by atoms with Crippen LogP contribution in [-0.2, 0) is 4.74 Å². The van der Waals surface area contributed by atoms with Crippen LogP contribution >= 0.6 is 0 Å². The van der Waals surface area contributed by atoms with E-state index in [2.05, 4.69) is 5.32 Å². The second-order valence-corrected chi connectivity index (χ2v) is 6.19. The summed E-state index contributed by atoms with van der Waals surface area (Å²) in [4.78, 5) is 11.6. The molecule has 24 heavy (non-hydrogen) atoms. The van der Waals surface area contributed by atoms with Gasteiger partial charge in [-0.1, -0.05) is 0 Å². The van der Waals surface area contributed by atoms with Crippen LogP contribution in [0.25, 0.3) is 0 Å². The predicted octanol–water partition coefficient (Wildman–Crippen LogP) is 1.93. The Labute approximate surface area is 140 Å². The number of nitrogens with one attached hydrogen (secondary N) is 1. The molecule has 1 aromatic rings. The molecule has 0 saturated heterocycles. The lowest BCUT2D eigenvalue weighted by atomic mass is 10.0. The van der Waals surface area contributed by atoms with Gasteiger partial charge in [-0.05, 0) is 39.0 Å². The van der Waals surface area contributed by atoms with E-state index in [0.717, 1.165) is 0 Å². The van der Waals surface area contributed by atoms with E-state index in [9.17, 15) is 9.18 Å². The first kappa shape index (κ1) is 19.7. The molecule has 0 heterocycles. The zero-order valence-corrected chi connectivity index (χ0v) is 14.0. The molecule has 0 fully saturated rings. The number of carbonyl (C=O) groups is 1. The van der Waals surface area contributed by atoms with E-state index in [0.29, 0.717) is 5.56 Å². The molecule has 1 amide bonds. The van der Waals surface area contributed by atoms with Gasteiger partial charge < -0.3 is 20.5 Å². The van der Waals surface area contributed by atoms with Gasteiger partial charge in [0.05, 0.1) is 19.0 Å². The minimum Gasteiger partial charge on any atom is -0.473 e. The predicted molar refractivity (Wildman–Crippen MR) is 86.4 cm³/mol. The third-order valence-corrected chi connectivity index (χ3v) is 2.81. The molecule has 0 spiro atoms. The van der Waals surface area contributed by atoms with Gasteiger partial charge in [0.2, 0.25) is 0 Å². The fourth-order valence-corrected chi connectivity index (χ4v) is 1.83. The average Bonchev–Trinajstić information content (AvgIpc) is 2.45. The van der Waals surface area contributed by atoms with Crippen LogP contribution in [-0.4, -0.2) is 24.5 Å². The van der Waals surface area contributed by atoms with Gasteiger partial charge in [-0.2, -0.15) is 5.26 Å². The molecular weight excluding hydrogens is 315 g/mol. The summed E-state index contributed by atoms with van der Waals surface area (Å²) >= 11 is 0. The number of carbonyl (C=O) groups excluding carboxylic acids is 1. The van der Waals surface area contributed by atoms with Crippen molar-refractivity contribution in [1.82, 2.24) is 5.32 Å².